The van der Waals surface area contributed by atoms with Crippen LogP contribution in [0.1, 0.15) is 24.0 Å². The molecule has 1 heterocycles. The first-order valence-corrected chi connectivity index (χ1v) is 6.86. The molecule has 0 amide bonds. The fourth-order valence-corrected chi connectivity index (χ4v) is 3.00. The number of aliphatic hydroxyl groups is 1. The highest BCUT2D eigenvalue weighted by molar-refractivity contribution is 6.44. The Labute approximate surface area is 123 Å². The summed E-state index contributed by atoms with van der Waals surface area (Å²) in [6.07, 6.45) is 3.29. The van der Waals surface area contributed by atoms with Gasteiger partial charge >= 0.3 is 0 Å². The fraction of sp³-hybridized carbons (Fsp3) is 0.267. The van der Waals surface area contributed by atoms with E-state index in [0.29, 0.717) is 5.56 Å². The molecule has 19 heavy (non-hydrogen) atoms. The molecule has 100 valence electrons. The van der Waals surface area contributed by atoms with Crippen LogP contribution in [0, 0.1) is 0 Å². The molecule has 1 N–H and O–H groups in total. The van der Waals surface area contributed by atoms with Crippen molar-refractivity contribution in [2.24, 2.45) is 0 Å². The molecule has 0 radical (unpaired) electrons. The molecular formula is C15H15Cl2NO. The van der Waals surface area contributed by atoms with E-state index in [2.05, 4.69) is 4.98 Å². The van der Waals surface area contributed by atoms with Gasteiger partial charge in [-0.25, -0.2) is 0 Å². The van der Waals surface area contributed by atoms with E-state index in [1.54, 1.807) is 25.4 Å². The highest BCUT2D eigenvalue weighted by Crippen LogP contribution is 2.42. The molecule has 2 nitrogen and oxygen atoms in total. The van der Waals surface area contributed by atoms with Crippen LogP contribution in [-0.2, 0) is 5.60 Å². The normalized spacial score (nSPS) is 16.1. The Balaban J connectivity index is 2.45. The minimum Gasteiger partial charge on any atom is -0.385 e. The Bertz CT molecular complexity index is 514. The summed E-state index contributed by atoms with van der Waals surface area (Å²) in [6.45, 7) is 1.71. The average Bonchev–Trinajstić information content (AvgIpc) is 2.40. The second-order valence-corrected chi connectivity index (χ2v) is 5.78. The Morgan fingerprint density at radius 1 is 1.11 bits per heavy atom. The van der Waals surface area contributed by atoms with Crippen molar-refractivity contribution < 1.29 is 5.11 Å². The first kappa shape index (κ1) is 14.3. The molecule has 0 spiro atoms. The lowest BCUT2D eigenvalue weighted by Gasteiger charge is -2.34. The van der Waals surface area contributed by atoms with Crippen molar-refractivity contribution in [1.82, 2.24) is 4.98 Å². The first-order valence-electron chi connectivity index (χ1n) is 5.99. The minimum absolute atomic E-state index is 0.429. The number of pyridine rings is 1. The predicted octanol–water partition coefficient (Wildman–Crippen LogP) is 3.88. The van der Waals surface area contributed by atoms with Gasteiger partial charge in [0.2, 0.25) is 0 Å². The summed E-state index contributed by atoms with van der Waals surface area (Å²) >= 11 is 12.2. The van der Waals surface area contributed by atoms with Crippen LogP contribution >= 0.6 is 23.2 Å². The van der Waals surface area contributed by atoms with Crippen molar-refractivity contribution >= 4 is 23.2 Å². The van der Waals surface area contributed by atoms with Crippen molar-refractivity contribution in [2.45, 2.75) is 23.3 Å². The molecule has 0 fully saturated rings. The predicted molar refractivity (Wildman–Crippen MR) is 78.5 cm³/mol. The van der Waals surface area contributed by atoms with Crippen LogP contribution in [-0.4, -0.2) is 14.9 Å². The number of alkyl halides is 2. The molecule has 4 heteroatoms. The molecule has 2 rings (SSSR count). The Hall–Kier alpha value is -1.09. The quantitative estimate of drug-likeness (QED) is 0.869. The Morgan fingerprint density at radius 3 is 2.32 bits per heavy atom. The maximum Gasteiger partial charge on any atom is 0.117 e. The van der Waals surface area contributed by atoms with Gasteiger partial charge in [-0.15, -0.1) is 23.2 Å². The second-order valence-electron chi connectivity index (χ2n) is 4.61. The van der Waals surface area contributed by atoms with E-state index in [0.717, 1.165) is 5.56 Å². The van der Waals surface area contributed by atoms with Crippen LogP contribution in [0.5, 0.6) is 0 Å². The highest BCUT2D eigenvalue weighted by Gasteiger charge is 2.39. The zero-order valence-electron chi connectivity index (χ0n) is 10.5. The van der Waals surface area contributed by atoms with Crippen molar-refractivity contribution in [1.29, 1.82) is 0 Å². The molecule has 1 aromatic heterocycles. The van der Waals surface area contributed by atoms with Crippen LogP contribution < -0.4 is 0 Å². The van der Waals surface area contributed by atoms with E-state index in [-0.39, 0.29) is 0 Å². The van der Waals surface area contributed by atoms with Gasteiger partial charge in [0.05, 0.1) is 5.60 Å². The summed E-state index contributed by atoms with van der Waals surface area (Å²) in [4.78, 5) is 3.32. The molecule has 2 aromatic rings. The molecule has 1 aromatic carbocycles. The van der Waals surface area contributed by atoms with Gasteiger partial charge in [-0.3, -0.25) is 4.98 Å². The Morgan fingerprint density at radius 2 is 1.79 bits per heavy atom. The van der Waals surface area contributed by atoms with Crippen LogP contribution in [0.4, 0.5) is 0 Å². The highest BCUT2D eigenvalue weighted by atomic mass is 35.5. The molecule has 0 saturated carbocycles. The average molecular weight is 296 g/mol. The third kappa shape index (κ3) is 3.08. The molecular weight excluding hydrogens is 281 g/mol. The maximum atomic E-state index is 10.9. The van der Waals surface area contributed by atoms with Gasteiger partial charge in [0, 0.05) is 23.9 Å². The number of benzene rings is 1. The monoisotopic (exact) mass is 295 g/mol. The summed E-state index contributed by atoms with van der Waals surface area (Å²) in [6, 6.07) is 13.1. The summed E-state index contributed by atoms with van der Waals surface area (Å²) in [5, 5.41) is 10.9. The van der Waals surface area contributed by atoms with Crippen molar-refractivity contribution in [3.05, 3.63) is 66.0 Å². The van der Waals surface area contributed by atoms with Crippen LogP contribution in [0.25, 0.3) is 0 Å². The van der Waals surface area contributed by atoms with Gasteiger partial charge in [-0.2, -0.15) is 0 Å². The largest absolute Gasteiger partial charge is 0.385 e. The van der Waals surface area contributed by atoms with E-state index >= 15 is 0 Å². The van der Waals surface area contributed by atoms with Gasteiger partial charge < -0.3 is 5.11 Å². The second kappa shape index (κ2) is 5.91. The molecule has 0 aliphatic heterocycles. The molecule has 2 unspecified atom stereocenters. The van der Waals surface area contributed by atoms with Gasteiger partial charge in [-0.05, 0) is 18.6 Å². The molecule has 0 aliphatic rings. The van der Waals surface area contributed by atoms with E-state index in [1.807, 2.05) is 36.4 Å². The van der Waals surface area contributed by atoms with Crippen molar-refractivity contribution in [3.8, 4) is 0 Å². The van der Waals surface area contributed by atoms with Crippen molar-refractivity contribution in [2.75, 3.05) is 0 Å². The number of aromatic nitrogens is 1. The first-order chi connectivity index (χ1) is 9.03. The van der Waals surface area contributed by atoms with Gasteiger partial charge in [0.1, 0.15) is 4.84 Å². The molecule has 2 atom stereocenters. The third-order valence-corrected chi connectivity index (χ3v) is 3.77. The van der Waals surface area contributed by atoms with Gasteiger partial charge in [0.15, 0.2) is 0 Å². The number of hydrogen-bond donors (Lipinski definition) is 1. The lowest BCUT2D eigenvalue weighted by atomic mass is 9.80. The number of halogens is 2. The molecule has 0 bridgehead atoms. The van der Waals surface area contributed by atoms with E-state index in [1.165, 1.54) is 0 Å². The molecule has 0 saturated heterocycles. The fourth-order valence-electron chi connectivity index (χ4n) is 2.22. The lowest BCUT2D eigenvalue weighted by Crippen LogP contribution is -2.34. The SMILES string of the molecule is CC(O)(c1cccnc1)C(c1ccccc1)C(Cl)Cl. The van der Waals surface area contributed by atoms with E-state index < -0.39 is 16.4 Å². The van der Waals surface area contributed by atoms with E-state index in [4.69, 9.17) is 23.2 Å². The standard InChI is InChI=1S/C15H15Cl2NO/c1-15(19,12-8-5-9-18-10-12)13(14(16)17)11-6-3-2-4-7-11/h2-10,13-14,19H,1H3. The maximum absolute atomic E-state index is 10.9. The number of nitrogens with zero attached hydrogens (tertiary/aromatic N) is 1. The van der Waals surface area contributed by atoms with Crippen LogP contribution in [0.2, 0.25) is 0 Å². The summed E-state index contributed by atoms with van der Waals surface area (Å²) in [5.74, 6) is -0.429. The molecule has 0 aliphatic carbocycles. The number of rotatable bonds is 4. The summed E-state index contributed by atoms with van der Waals surface area (Å²) in [7, 11) is 0. The number of hydrogen-bond acceptors (Lipinski definition) is 2. The smallest absolute Gasteiger partial charge is 0.117 e. The van der Waals surface area contributed by atoms with Crippen LogP contribution in [0.3, 0.4) is 0 Å². The van der Waals surface area contributed by atoms with Gasteiger partial charge in [0.25, 0.3) is 0 Å². The van der Waals surface area contributed by atoms with Crippen molar-refractivity contribution in [3.63, 3.8) is 0 Å². The Kier molecular flexibility index (Phi) is 4.46. The van der Waals surface area contributed by atoms with Gasteiger partial charge in [-0.1, -0.05) is 36.4 Å². The van der Waals surface area contributed by atoms with E-state index in [9.17, 15) is 5.11 Å². The lowest BCUT2D eigenvalue weighted by molar-refractivity contribution is 0.0302. The topological polar surface area (TPSA) is 33.1 Å². The summed E-state index contributed by atoms with van der Waals surface area (Å²) in [5.41, 5.74) is 0.394. The summed E-state index contributed by atoms with van der Waals surface area (Å²) < 4.78 is 0. The zero-order valence-corrected chi connectivity index (χ0v) is 12.0. The zero-order chi connectivity index (χ0) is 13.9. The van der Waals surface area contributed by atoms with Crippen LogP contribution in [0.15, 0.2) is 54.9 Å². The third-order valence-electron chi connectivity index (χ3n) is 3.26. The minimum atomic E-state index is -1.19.